The second-order valence-electron chi connectivity index (χ2n) is 4.43. The van der Waals surface area contributed by atoms with E-state index in [9.17, 15) is 14.7 Å². The SMILES string of the molecule is CCCCC(C=CC(O)C1C=CC(=O)O1)OC(C)=O. The lowest BCUT2D eigenvalue weighted by molar-refractivity contribution is -0.144. The Bertz CT molecular complexity index is 372. The largest absolute Gasteiger partial charge is 0.458 e. The molecule has 0 radical (unpaired) electrons. The van der Waals surface area contributed by atoms with Crippen molar-refractivity contribution in [3.05, 3.63) is 24.3 Å². The summed E-state index contributed by atoms with van der Waals surface area (Å²) < 4.78 is 9.98. The zero-order valence-corrected chi connectivity index (χ0v) is 11.2. The van der Waals surface area contributed by atoms with Crippen LogP contribution in [0.3, 0.4) is 0 Å². The highest BCUT2D eigenvalue weighted by Gasteiger charge is 2.23. The average molecular weight is 268 g/mol. The third-order valence-corrected chi connectivity index (χ3v) is 2.69. The second-order valence-corrected chi connectivity index (χ2v) is 4.43. The topological polar surface area (TPSA) is 72.8 Å². The molecule has 0 bridgehead atoms. The summed E-state index contributed by atoms with van der Waals surface area (Å²) in [6, 6.07) is 0. The smallest absolute Gasteiger partial charge is 0.331 e. The fourth-order valence-electron chi connectivity index (χ4n) is 1.73. The molecule has 1 aliphatic heterocycles. The van der Waals surface area contributed by atoms with Gasteiger partial charge in [-0.25, -0.2) is 4.79 Å². The molecule has 0 aliphatic carbocycles. The summed E-state index contributed by atoms with van der Waals surface area (Å²) >= 11 is 0. The average Bonchev–Trinajstić information content (AvgIpc) is 2.78. The van der Waals surface area contributed by atoms with Gasteiger partial charge in [0, 0.05) is 13.0 Å². The van der Waals surface area contributed by atoms with Crippen LogP contribution in [-0.2, 0) is 19.1 Å². The van der Waals surface area contributed by atoms with Gasteiger partial charge in [0.25, 0.3) is 0 Å². The molecule has 1 aliphatic rings. The first kappa shape index (κ1) is 15.4. The van der Waals surface area contributed by atoms with Gasteiger partial charge in [-0.15, -0.1) is 0 Å². The molecule has 0 aromatic heterocycles. The van der Waals surface area contributed by atoms with Crippen LogP contribution in [0.2, 0.25) is 0 Å². The number of aliphatic hydroxyl groups is 1. The molecule has 0 aromatic rings. The van der Waals surface area contributed by atoms with E-state index in [1.165, 1.54) is 25.2 Å². The molecule has 19 heavy (non-hydrogen) atoms. The van der Waals surface area contributed by atoms with E-state index in [2.05, 4.69) is 0 Å². The minimum absolute atomic E-state index is 0.354. The molecule has 3 unspecified atom stereocenters. The van der Waals surface area contributed by atoms with Crippen molar-refractivity contribution in [3.8, 4) is 0 Å². The third kappa shape index (κ3) is 5.70. The van der Waals surface area contributed by atoms with Gasteiger partial charge in [-0.05, 0) is 25.0 Å². The Labute approximate surface area is 112 Å². The third-order valence-electron chi connectivity index (χ3n) is 2.69. The van der Waals surface area contributed by atoms with Gasteiger partial charge in [0.1, 0.15) is 12.2 Å². The van der Waals surface area contributed by atoms with Crippen LogP contribution < -0.4 is 0 Å². The minimum atomic E-state index is -0.928. The fourth-order valence-corrected chi connectivity index (χ4v) is 1.73. The second kappa shape index (κ2) is 7.74. The van der Waals surface area contributed by atoms with Gasteiger partial charge in [0.05, 0.1) is 0 Å². The molecule has 1 heterocycles. The van der Waals surface area contributed by atoms with Crippen LogP contribution in [0.5, 0.6) is 0 Å². The first-order valence-electron chi connectivity index (χ1n) is 6.45. The van der Waals surface area contributed by atoms with E-state index in [0.29, 0.717) is 6.42 Å². The molecule has 106 valence electrons. The Morgan fingerprint density at radius 3 is 2.84 bits per heavy atom. The van der Waals surface area contributed by atoms with E-state index in [0.717, 1.165) is 12.8 Å². The molecule has 5 heteroatoms. The number of rotatable bonds is 7. The Morgan fingerprint density at radius 2 is 2.32 bits per heavy atom. The molecular weight excluding hydrogens is 248 g/mol. The standard InChI is InChI=1S/C14H20O5/c1-3-4-5-11(18-10(2)15)6-7-12(16)13-8-9-14(17)19-13/h6-9,11-13,16H,3-5H2,1-2H3. The summed E-state index contributed by atoms with van der Waals surface area (Å²) in [5.74, 6) is -0.813. The monoisotopic (exact) mass is 268 g/mol. The number of cyclic esters (lactones) is 1. The van der Waals surface area contributed by atoms with Gasteiger partial charge in [-0.2, -0.15) is 0 Å². The molecule has 0 saturated carbocycles. The Balaban J connectivity index is 2.51. The minimum Gasteiger partial charge on any atom is -0.458 e. The van der Waals surface area contributed by atoms with Gasteiger partial charge >= 0.3 is 11.9 Å². The quantitative estimate of drug-likeness (QED) is 0.559. The maximum atomic E-state index is 11.0. The lowest BCUT2D eigenvalue weighted by Gasteiger charge is -2.15. The van der Waals surface area contributed by atoms with Crippen LogP contribution in [0, 0.1) is 0 Å². The summed E-state index contributed by atoms with van der Waals surface area (Å²) in [6.45, 7) is 3.40. The molecule has 1 N–H and O–H groups in total. The summed E-state index contributed by atoms with van der Waals surface area (Å²) in [4.78, 5) is 21.8. The lowest BCUT2D eigenvalue weighted by Crippen LogP contribution is -2.24. The molecule has 1 rings (SSSR count). The summed E-state index contributed by atoms with van der Waals surface area (Å²) in [7, 11) is 0. The van der Waals surface area contributed by atoms with Crippen LogP contribution in [0.15, 0.2) is 24.3 Å². The number of ether oxygens (including phenoxy) is 2. The Morgan fingerprint density at radius 1 is 1.58 bits per heavy atom. The molecule has 0 spiro atoms. The number of unbranched alkanes of at least 4 members (excludes halogenated alkanes) is 1. The van der Waals surface area contributed by atoms with Gasteiger partial charge in [-0.3, -0.25) is 4.79 Å². The Kier molecular flexibility index (Phi) is 6.29. The summed E-state index contributed by atoms with van der Waals surface area (Å²) in [5, 5.41) is 9.82. The fraction of sp³-hybridized carbons (Fsp3) is 0.571. The molecule has 0 saturated heterocycles. The highest BCUT2D eigenvalue weighted by Crippen LogP contribution is 2.13. The highest BCUT2D eigenvalue weighted by atomic mass is 16.6. The van der Waals surface area contributed by atoms with Crippen molar-refractivity contribution in [2.24, 2.45) is 0 Å². The molecular formula is C14H20O5. The molecule has 0 fully saturated rings. The number of aliphatic hydroxyl groups excluding tert-OH is 1. The number of esters is 2. The van der Waals surface area contributed by atoms with Crippen molar-refractivity contribution < 1.29 is 24.2 Å². The maximum absolute atomic E-state index is 11.0. The predicted octanol–water partition coefficient (Wildman–Crippen LogP) is 1.51. The molecule has 0 aromatic carbocycles. The van der Waals surface area contributed by atoms with E-state index >= 15 is 0 Å². The number of hydrogen-bond donors (Lipinski definition) is 1. The van der Waals surface area contributed by atoms with Gasteiger partial charge in [-0.1, -0.05) is 19.4 Å². The summed E-state index contributed by atoms with van der Waals surface area (Å²) in [6.07, 6.45) is 6.61. The highest BCUT2D eigenvalue weighted by molar-refractivity contribution is 5.84. The van der Waals surface area contributed by atoms with Crippen molar-refractivity contribution >= 4 is 11.9 Å². The zero-order chi connectivity index (χ0) is 14.3. The lowest BCUT2D eigenvalue weighted by atomic mass is 10.1. The van der Waals surface area contributed by atoms with Crippen molar-refractivity contribution in [2.75, 3.05) is 0 Å². The van der Waals surface area contributed by atoms with Crippen LogP contribution >= 0.6 is 0 Å². The van der Waals surface area contributed by atoms with E-state index in [-0.39, 0.29) is 12.1 Å². The van der Waals surface area contributed by atoms with Crippen LogP contribution in [0.25, 0.3) is 0 Å². The predicted molar refractivity (Wildman–Crippen MR) is 69.2 cm³/mol. The van der Waals surface area contributed by atoms with Crippen molar-refractivity contribution in [1.29, 1.82) is 0 Å². The zero-order valence-electron chi connectivity index (χ0n) is 11.2. The first-order valence-corrected chi connectivity index (χ1v) is 6.45. The first-order chi connectivity index (χ1) is 9.02. The molecule has 3 atom stereocenters. The van der Waals surface area contributed by atoms with E-state index in [1.54, 1.807) is 6.08 Å². The van der Waals surface area contributed by atoms with Crippen molar-refractivity contribution in [1.82, 2.24) is 0 Å². The van der Waals surface area contributed by atoms with Gasteiger partial charge < -0.3 is 14.6 Å². The van der Waals surface area contributed by atoms with Gasteiger partial charge in [0.2, 0.25) is 0 Å². The van der Waals surface area contributed by atoms with Crippen LogP contribution in [0.4, 0.5) is 0 Å². The Hall–Kier alpha value is -1.62. The van der Waals surface area contributed by atoms with Gasteiger partial charge in [0.15, 0.2) is 6.10 Å². The van der Waals surface area contributed by atoms with Crippen molar-refractivity contribution in [3.63, 3.8) is 0 Å². The normalized spacial score (nSPS) is 21.4. The maximum Gasteiger partial charge on any atom is 0.331 e. The summed E-state index contributed by atoms with van der Waals surface area (Å²) in [5.41, 5.74) is 0. The van der Waals surface area contributed by atoms with E-state index in [1.807, 2.05) is 6.92 Å². The number of carbonyl (C=O) groups is 2. The number of hydrogen-bond acceptors (Lipinski definition) is 5. The van der Waals surface area contributed by atoms with Crippen molar-refractivity contribution in [2.45, 2.75) is 51.4 Å². The van der Waals surface area contributed by atoms with Crippen LogP contribution in [0.1, 0.15) is 33.1 Å². The van der Waals surface area contributed by atoms with E-state index < -0.39 is 18.2 Å². The molecule has 5 nitrogen and oxygen atoms in total. The van der Waals surface area contributed by atoms with Crippen LogP contribution in [-0.4, -0.2) is 35.4 Å². The molecule has 0 amide bonds. The number of carbonyl (C=O) groups excluding carboxylic acids is 2. The van der Waals surface area contributed by atoms with E-state index in [4.69, 9.17) is 9.47 Å².